The van der Waals surface area contributed by atoms with E-state index >= 15 is 0 Å². The second-order valence-corrected chi connectivity index (χ2v) is 7.16. The summed E-state index contributed by atoms with van der Waals surface area (Å²) in [6, 6.07) is 6.58. The van der Waals surface area contributed by atoms with Gasteiger partial charge in [0.1, 0.15) is 5.54 Å². The summed E-state index contributed by atoms with van der Waals surface area (Å²) < 4.78 is 4.74. The molecule has 4 heteroatoms. The first-order chi connectivity index (χ1) is 9.24. The van der Waals surface area contributed by atoms with Crippen molar-refractivity contribution in [2.75, 3.05) is 7.11 Å². The highest BCUT2D eigenvalue weighted by Gasteiger charge is 2.31. The number of benzene rings is 1. The molecule has 0 amide bonds. The Morgan fingerprint density at radius 1 is 1.35 bits per heavy atom. The highest BCUT2D eigenvalue weighted by atomic mass is 32.2. The van der Waals surface area contributed by atoms with Crippen LogP contribution in [0.3, 0.4) is 0 Å². The number of hydrogen-bond donors (Lipinski definition) is 1. The number of aryl methyl sites for hydroxylation is 2. The van der Waals surface area contributed by atoms with E-state index in [0.717, 1.165) is 5.75 Å². The van der Waals surface area contributed by atoms with Gasteiger partial charge in [-0.3, -0.25) is 4.79 Å². The summed E-state index contributed by atoms with van der Waals surface area (Å²) in [4.78, 5) is 11.6. The Morgan fingerprint density at radius 3 is 2.40 bits per heavy atom. The van der Waals surface area contributed by atoms with Crippen molar-refractivity contribution in [3.8, 4) is 0 Å². The maximum atomic E-state index is 11.6. The molecule has 2 N–H and O–H groups in total. The molecule has 20 heavy (non-hydrogen) atoms. The second kappa shape index (κ2) is 7.14. The van der Waals surface area contributed by atoms with Crippen LogP contribution in [0.25, 0.3) is 0 Å². The zero-order chi connectivity index (χ0) is 15.3. The Labute approximate surface area is 126 Å². The molecule has 1 aromatic carbocycles. The molecular formula is C16H25NO2S. The zero-order valence-corrected chi connectivity index (χ0v) is 13.8. The molecule has 2 unspecified atom stereocenters. The fraction of sp³-hybridized carbons (Fsp3) is 0.562. The van der Waals surface area contributed by atoms with Gasteiger partial charge in [-0.15, -0.1) is 0 Å². The van der Waals surface area contributed by atoms with E-state index in [9.17, 15) is 4.79 Å². The van der Waals surface area contributed by atoms with Crippen LogP contribution in [-0.2, 0) is 15.3 Å². The lowest BCUT2D eigenvalue weighted by molar-refractivity contribution is -0.146. The van der Waals surface area contributed by atoms with Gasteiger partial charge in [0.2, 0.25) is 0 Å². The number of carbonyl (C=O) groups is 1. The van der Waals surface area contributed by atoms with E-state index in [2.05, 4.69) is 39.0 Å². The third-order valence-electron chi connectivity index (χ3n) is 3.18. The second-order valence-electron chi connectivity index (χ2n) is 5.73. The first kappa shape index (κ1) is 17.1. The summed E-state index contributed by atoms with van der Waals surface area (Å²) in [6.45, 7) is 8.05. The Kier molecular flexibility index (Phi) is 6.08. The highest BCUT2D eigenvalue weighted by molar-refractivity contribution is 7.99. The molecule has 112 valence electrons. The van der Waals surface area contributed by atoms with E-state index in [1.54, 1.807) is 6.92 Å². The number of nitrogens with two attached hydrogens (primary N) is 1. The first-order valence-corrected chi connectivity index (χ1v) is 7.85. The van der Waals surface area contributed by atoms with Crippen molar-refractivity contribution in [2.45, 2.75) is 50.7 Å². The fourth-order valence-electron chi connectivity index (χ4n) is 2.36. The normalized spacial score (nSPS) is 15.5. The van der Waals surface area contributed by atoms with Crippen molar-refractivity contribution in [2.24, 2.45) is 5.73 Å². The van der Waals surface area contributed by atoms with E-state index in [-0.39, 0.29) is 5.97 Å². The fourth-order valence-corrected chi connectivity index (χ4v) is 3.47. The number of hydrogen-bond acceptors (Lipinski definition) is 4. The first-order valence-electron chi connectivity index (χ1n) is 6.80. The van der Waals surface area contributed by atoms with Crippen molar-refractivity contribution in [1.82, 2.24) is 0 Å². The lowest BCUT2D eigenvalue weighted by Crippen LogP contribution is -2.47. The van der Waals surface area contributed by atoms with Gasteiger partial charge >= 0.3 is 5.97 Å². The minimum absolute atomic E-state index is 0.296. The number of methoxy groups -OCH3 is 1. The Morgan fingerprint density at radius 2 is 1.90 bits per heavy atom. The minimum atomic E-state index is -0.913. The Bertz CT molecular complexity index is 451. The molecule has 0 aliphatic heterocycles. The minimum Gasteiger partial charge on any atom is -0.468 e. The molecule has 1 rings (SSSR count). The van der Waals surface area contributed by atoms with Gasteiger partial charge in [-0.2, -0.15) is 11.8 Å². The number of thioether (sulfide) groups is 1. The Balaban J connectivity index is 2.55. The summed E-state index contributed by atoms with van der Waals surface area (Å²) in [5.41, 5.74) is 8.97. The van der Waals surface area contributed by atoms with Crippen LogP contribution in [0.15, 0.2) is 18.2 Å². The maximum absolute atomic E-state index is 11.6. The molecule has 0 aliphatic rings. The van der Waals surface area contributed by atoms with Crippen LogP contribution in [0.2, 0.25) is 0 Å². The predicted octanol–water partition coefficient (Wildman–Crippen LogP) is 3.21. The Hall–Kier alpha value is -1.00. The summed E-state index contributed by atoms with van der Waals surface area (Å²) >= 11 is 1.81. The average molecular weight is 295 g/mol. The number of ether oxygens (including phenoxy) is 1. The molecule has 0 aliphatic carbocycles. The van der Waals surface area contributed by atoms with Gasteiger partial charge in [-0.1, -0.05) is 36.2 Å². The maximum Gasteiger partial charge on any atom is 0.325 e. The largest absolute Gasteiger partial charge is 0.468 e. The summed E-state index contributed by atoms with van der Waals surface area (Å²) in [5.74, 6) is 0.581. The van der Waals surface area contributed by atoms with Gasteiger partial charge in [0.15, 0.2) is 0 Å². The van der Waals surface area contributed by atoms with Crippen molar-refractivity contribution >= 4 is 17.7 Å². The quantitative estimate of drug-likeness (QED) is 0.819. The highest BCUT2D eigenvalue weighted by Crippen LogP contribution is 2.25. The van der Waals surface area contributed by atoms with Gasteiger partial charge < -0.3 is 10.5 Å². The number of carbonyl (C=O) groups excluding carboxylic acids is 1. The molecule has 0 bridgehead atoms. The molecule has 2 atom stereocenters. The third kappa shape index (κ3) is 5.17. The van der Waals surface area contributed by atoms with Crippen LogP contribution < -0.4 is 5.73 Å². The summed E-state index contributed by atoms with van der Waals surface area (Å²) in [5, 5.41) is 0.296. The lowest BCUT2D eigenvalue weighted by atomic mass is 9.98. The molecule has 0 fully saturated rings. The van der Waals surface area contributed by atoms with Crippen molar-refractivity contribution in [3.05, 3.63) is 34.9 Å². The zero-order valence-electron chi connectivity index (χ0n) is 13.0. The van der Waals surface area contributed by atoms with Gasteiger partial charge in [0, 0.05) is 11.0 Å². The summed E-state index contributed by atoms with van der Waals surface area (Å²) in [6.07, 6.45) is 0.606. The van der Waals surface area contributed by atoms with Crippen molar-refractivity contribution in [3.63, 3.8) is 0 Å². The molecular weight excluding hydrogens is 270 g/mol. The van der Waals surface area contributed by atoms with Gasteiger partial charge in [-0.05, 0) is 32.8 Å². The molecule has 3 nitrogen and oxygen atoms in total. The van der Waals surface area contributed by atoms with Crippen molar-refractivity contribution < 1.29 is 9.53 Å². The smallest absolute Gasteiger partial charge is 0.325 e. The summed E-state index contributed by atoms with van der Waals surface area (Å²) in [7, 11) is 1.38. The van der Waals surface area contributed by atoms with Crippen LogP contribution in [0, 0.1) is 13.8 Å². The van der Waals surface area contributed by atoms with E-state index in [4.69, 9.17) is 10.5 Å². The van der Waals surface area contributed by atoms with E-state index < -0.39 is 5.54 Å². The van der Waals surface area contributed by atoms with Crippen LogP contribution in [0.4, 0.5) is 0 Å². The topological polar surface area (TPSA) is 52.3 Å². The number of esters is 1. The standard InChI is InChI=1S/C16H25NO2S/c1-11-6-12(2)8-14(7-11)10-20-13(3)9-16(4,17)15(18)19-5/h6-8,13H,9-10,17H2,1-5H3. The van der Waals surface area contributed by atoms with Crippen LogP contribution in [0.1, 0.15) is 37.0 Å². The van der Waals surface area contributed by atoms with E-state index in [1.165, 1.54) is 23.8 Å². The van der Waals surface area contributed by atoms with Gasteiger partial charge in [0.05, 0.1) is 7.11 Å². The SMILES string of the molecule is COC(=O)C(C)(N)CC(C)SCc1cc(C)cc(C)c1. The van der Waals surface area contributed by atoms with Crippen LogP contribution in [0.5, 0.6) is 0 Å². The monoisotopic (exact) mass is 295 g/mol. The molecule has 0 radical (unpaired) electrons. The average Bonchev–Trinajstić information content (AvgIpc) is 2.33. The third-order valence-corrected chi connectivity index (χ3v) is 4.41. The molecule has 0 spiro atoms. The predicted molar refractivity (Wildman–Crippen MR) is 85.9 cm³/mol. The van der Waals surface area contributed by atoms with Crippen molar-refractivity contribution in [1.29, 1.82) is 0 Å². The van der Waals surface area contributed by atoms with E-state index in [0.29, 0.717) is 11.7 Å². The lowest BCUT2D eigenvalue weighted by Gasteiger charge is -2.24. The van der Waals surface area contributed by atoms with Crippen LogP contribution >= 0.6 is 11.8 Å². The van der Waals surface area contributed by atoms with E-state index in [1.807, 2.05) is 11.8 Å². The number of rotatable bonds is 6. The molecule has 0 heterocycles. The molecule has 0 saturated carbocycles. The molecule has 0 saturated heterocycles. The van der Waals surface area contributed by atoms with Gasteiger partial charge in [-0.25, -0.2) is 0 Å². The van der Waals surface area contributed by atoms with Gasteiger partial charge in [0.25, 0.3) is 0 Å². The molecule has 0 aromatic heterocycles. The molecule has 1 aromatic rings. The van der Waals surface area contributed by atoms with Crippen LogP contribution in [-0.4, -0.2) is 23.9 Å².